The third-order valence-corrected chi connectivity index (χ3v) is 2.28. The SMILES string of the molecule is C[C@@H]1Oc2cccnc2[C@H]1CN. The summed E-state index contributed by atoms with van der Waals surface area (Å²) in [5, 5.41) is 0. The van der Waals surface area contributed by atoms with Crippen molar-refractivity contribution < 1.29 is 4.74 Å². The molecule has 64 valence electrons. The fourth-order valence-corrected chi connectivity index (χ4v) is 1.59. The van der Waals surface area contributed by atoms with Crippen LogP contribution in [0.4, 0.5) is 0 Å². The molecule has 0 unspecified atom stereocenters. The van der Waals surface area contributed by atoms with Gasteiger partial charge in [0.15, 0.2) is 0 Å². The molecule has 0 aromatic carbocycles. The Kier molecular flexibility index (Phi) is 1.73. The van der Waals surface area contributed by atoms with Crippen LogP contribution in [-0.4, -0.2) is 17.6 Å². The van der Waals surface area contributed by atoms with Gasteiger partial charge in [-0.05, 0) is 19.1 Å². The van der Waals surface area contributed by atoms with Crippen molar-refractivity contribution in [3.05, 3.63) is 24.0 Å². The van der Waals surface area contributed by atoms with Crippen LogP contribution in [0.2, 0.25) is 0 Å². The van der Waals surface area contributed by atoms with E-state index in [2.05, 4.69) is 4.98 Å². The highest BCUT2D eigenvalue weighted by Gasteiger charge is 2.30. The van der Waals surface area contributed by atoms with Crippen molar-refractivity contribution >= 4 is 0 Å². The second kappa shape index (κ2) is 2.75. The molecule has 0 saturated carbocycles. The van der Waals surface area contributed by atoms with E-state index in [0.717, 1.165) is 11.4 Å². The summed E-state index contributed by atoms with van der Waals surface area (Å²) < 4.78 is 5.57. The van der Waals surface area contributed by atoms with Crippen LogP contribution in [0.15, 0.2) is 18.3 Å². The molecule has 1 aliphatic rings. The zero-order chi connectivity index (χ0) is 8.55. The summed E-state index contributed by atoms with van der Waals surface area (Å²) in [6.07, 6.45) is 1.95. The van der Waals surface area contributed by atoms with Crippen molar-refractivity contribution in [1.29, 1.82) is 0 Å². The van der Waals surface area contributed by atoms with E-state index in [9.17, 15) is 0 Å². The summed E-state index contributed by atoms with van der Waals surface area (Å²) in [6, 6.07) is 3.82. The Morgan fingerprint density at radius 2 is 2.50 bits per heavy atom. The second-order valence-corrected chi connectivity index (χ2v) is 3.05. The lowest BCUT2D eigenvalue weighted by Crippen LogP contribution is -2.22. The lowest BCUT2D eigenvalue weighted by atomic mass is 10.0. The molecule has 0 aliphatic carbocycles. The Balaban J connectivity index is 2.40. The number of rotatable bonds is 1. The normalized spacial score (nSPS) is 26.5. The molecule has 0 bridgehead atoms. The van der Waals surface area contributed by atoms with Crippen LogP contribution in [0.25, 0.3) is 0 Å². The first kappa shape index (κ1) is 7.55. The maximum Gasteiger partial charge on any atom is 0.141 e. The first-order valence-corrected chi connectivity index (χ1v) is 4.14. The highest BCUT2D eigenvalue weighted by atomic mass is 16.5. The smallest absolute Gasteiger partial charge is 0.141 e. The van der Waals surface area contributed by atoms with Gasteiger partial charge in [0, 0.05) is 12.7 Å². The highest BCUT2D eigenvalue weighted by molar-refractivity contribution is 5.35. The molecule has 0 spiro atoms. The number of pyridine rings is 1. The zero-order valence-electron chi connectivity index (χ0n) is 7.03. The molecule has 12 heavy (non-hydrogen) atoms. The molecule has 2 rings (SSSR count). The number of aromatic nitrogens is 1. The Morgan fingerprint density at radius 1 is 1.67 bits per heavy atom. The van der Waals surface area contributed by atoms with Crippen LogP contribution in [0.1, 0.15) is 18.5 Å². The molecule has 0 fully saturated rings. The van der Waals surface area contributed by atoms with Gasteiger partial charge in [0.25, 0.3) is 0 Å². The van der Waals surface area contributed by atoms with Crippen molar-refractivity contribution in [3.63, 3.8) is 0 Å². The third-order valence-electron chi connectivity index (χ3n) is 2.28. The molecule has 0 radical (unpaired) electrons. The number of nitrogens with two attached hydrogens (primary N) is 1. The monoisotopic (exact) mass is 164 g/mol. The minimum absolute atomic E-state index is 0.167. The van der Waals surface area contributed by atoms with Crippen molar-refractivity contribution in [2.75, 3.05) is 6.54 Å². The van der Waals surface area contributed by atoms with Gasteiger partial charge in [-0.3, -0.25) is 4.98 Å². The molecule has 2 N–H and O–H groups in total. The van der Waals surface area contributed by atoms with Gasteiger partial charge in [0.2, 0.25) is 0 Å². The van der Waals surface area contributed by atoms with Crippen LogP contribution in [0, 0.1) is 0 Å². The Bertz CT molecular complexity index is 288. The third kappa shape index (κ3) is 0.975. The molecule has 2 atom stereocenters. The number of nitrogens with zero attached hydrogens (tertiary/aromatic N) is 1. The summed E-state index contributed by atoms with van der Waals surface area (Å²) in [6.45, 7) is 2.63. The molecule has 0 amide bonds. The first-order chi connectivity index (χ1) is 5.83. The summed E-state index contributed by atoms with van der Waals surface area (Å²) in [4.78, 5) is 4.26. The lowest BCUT2D eigenvalue weighted by molar-refractivity contribution is 0.228. The van der Waals surface area contributed by atoms with Crippen LogP contribution < -0.4 is 10.5 Å². The molecule has 0 saturated heterocycles. The average Bonchev–Trinajstić information content (AvgIpc) is 2.40. The fraction of sp³-hybridized carbons (Fsp3) is 0.444. The van der Waals surface area contributed by atoms with Gasteiger partial charge < -0.3 is 10.5 Å². The maximum absolute atomic E-state index is 5.62. The quantitative estimate of drug-likeness (QED) is 0.671. The first-order valence-electron chi connectivity index (χ1n) is 4.14. The van der Waals surface area contributed by atoms with E-state index < -0.39 is 0 Å². The van der Waals surface area contributed by atoms with Gasteiger partial charge in [-0.25, -0.2) is 0 Å². The fourth-order valence-electron chi connectivity index (χ4n) is 1.59. The number of hydrogen-bond acceptors (Lipinski definition) is 3. The number of hydrogen-bond donors (Lipinski definition) is 1. The molecule has 1 aliphatic heterocycles. The van der Waals surface area contributed by atoms with E-state index in [1.165, 1.54) is 0 Å². The summed E-state index contributed by atoms with van der Waals surface area (Å²) in [5.74, 6) is 1.15. The molecule has 1 aromatic heterocycles. The Morgan fingerprint density at radius 3 is 3.25 bits per heavy atom. The minimum atomic E-state index is 0.167. The Labute approximate surface area is 71.6 Å². The number of ether oxygens (including phenoxy) is 1. The van der Waals surface area contributed by atoms with E-state index in [0.29, 0.717) is 6.54 Å². The number of fused-ring (bicyclic) bond motifs is 1. The van der Waals surface area contributed by atoms with Crippen molar-refractivity contribution in [1.82, 2.24) is 4.98 Å². The molecular formula is C9H12N2O. The molecular weight excluding hydrogens is 152 g/mol. The van der Waals surface area contributed by atoms with E-state index in [1.807, 2.05) is 19.1 Å². The predicted molar refractivity (Wildman–Crippen MR) is 46.1 cm³/mol. The van der Waals surface area contributed by atoms with E-state index in [-0.39, 0.29) is 12.0 Å². The highest BCUT2D eigenvalue weighted by Crippen LogP contribution is 2.35. The molecule has 2 heterocycles. The minimum Gasteiger partial charge on any atom is -0.488 e. The van der Waals surface area contributed by atoms with E-state index >= 15 is 0 Å². The standard InChI is InChI=1S/C9H12N2O/c1-6-7(5-10)9-8(12-6)3-2-4-11-9/h2-4,6-7H,5,10H2,1H3/t6-,7-/m0/s1. The van der Waals surface area contributed by atoms with Crippen molar-refractivity contribution in [2.45, 2.75) is 18.9 Å². The van der Waals surface area contributed by atoms with Gasteiger partial charge >= 0.3 is 0 Å². The summed E-state index contributed by atoms with van der Waals surface area (Å²) in [7, 11) is 0. The second-order valence-electron chi connectivity index (χ2n) is 3.05. The van der Waals surface area contributed by atoms with Gasteiger partial charge in [0.1, 0.15) is 11.9 Å². The summed E-state index contributed by atoms with van der Waals surface area (Å²) in [5.41, 5.74) is 6.63. The lowest BCUT2D eigenvalue weighted by Gasteiger charge is -2.10. The topological polar surface area (TPSA) is 48.1 Å². The largest absolute Gasteiger partial charge is 0.488 e. The predicted octanol–water partition coefficient (Wildman–Crippen LogP) is 0.905. The summed E-state index contributed by atoms with van der Waals surface area (Å²) >= 11 is 0. The zero-order valence-corrected chi connectivity index (χ0v) is 7.03. The van der Waals surface area contributed by atoms with Gasteiger partial charge in [-0.2, -0.15) is 0 Å². The molecule has 3 nitrogen and oxygen atoms in total. The van der Waals surface area contributed by atoms with E-state index in [4.69, 9.17) is 10.5 Å². The van der Waals surface area contributed by atoms with Crippen molar-refractivity contribution in [2.24, 2.45) is 5.73 Å². The van der Waals surface area contributed by atoms with Crippen molar-refractivity contribution in [3.8, 4) is 5.75 Å². The average molecular weight is 164 g/mol. The van der Waals surface area contributed by atoms with Crippen LogP contribution >= 0.6 is 0 Å². The van der Waals surface area contributed by atoms with Gasteiger partial charge in [-0.15, -0.1) is 0 Å². The van der Waals surface area contributed by atoms with Gasteiger partial charge in [0.05, 0.1) is 11.6 Å². The van der Waals surface area contributed by atoms with Crippen LogP contribution in [-0.2, 0) is 0 Å². The molecule has 1 aromatic rings. The molecule has 3 heteroatoms. The van der Waals surface area contributed by atoms with Crippen LogP contribution in [0.3, 0.4) is 0 Å². The maximum atomic E-state index is 5.62. The Hall–Kier alpha value is -1.09. The van der Waals surface area contributed by atoms with E-state index in [1.54, 1.807) is 6.20 Å². The van der Waals surface area contributed by atoms with Crippen LogP contribution in [0.5, 0.6) is 5.75 Å². The van der Waals surface area contributed by atoms with Gasteiger partial charge in [-0.1, -0.05) is 0 Å².